The summed E-state index contributed by atoms with van der Waals surface area (Å²) in [5.41, 5.74) is 0. The first-order chi connectivity index (χ1) is 4.85. The van der Waals surface area contributed by atoms with Crippen LogP contribution in [0.25, 0.3) is 2.86 Å². The van der Waals surface area contributed by atoms with E-state index >= 15 is 0 Å². The van der Waals surface area contributed by atoms with Gasteiger partial charge in [-0.15, -0.1) is 0 Å². The molecule has 0 atom stereocenters. The second kappa shape index (κ2) is 2.08. The largest absolute Gasteiger partial charge is 0.394 e. The van der Waals surface area contributed by atoms with Crippen molar-refractivity contribution in [3.8, 4) is 0 Å². The molecular formula is H5NO4S. The first-order valence-corrected chi connectivity index (χ1v) is 2.00. The zero-order valence-corrected chi connectivity index (χ0v) is 3.30. The van der Waals surface area contributed by atoms with Crippen LogP contribution in [0.3, 0.4) is 0 Å². The van der Waals surface area contributed by atoms with Crippen LogP contribution >= 0.6 is 0 Å². The van der Waals surface area contributed by atoms with Crippen molar-refractivity contribution in [3.05, 3.63) is 0 Å². The van der Waals surface area contributed by atoms with Gasteiger partial charge in [0.15, 0.2) is 0 Å². The van der Waals surface area contributed by atoms with Crippen molar-refractivity contribution in [1.29, 1.82) is 2.86 Å². The molecule has 0 spiro atoms. The molecule has 6 heavy (non-hydrogen) atoms. The molecule has 0 aliphatic carbocycles. The summed E-state index contributed by atoms with van der Waals surface area (Å²) in [5.74, 6) is 0. The van der Waals surface area contributed by atoms with Crippen LogP contribution in [0.4, 0.5) is 0 Å². The van der Waals surface area contributed by atoms with Gasteiger partial charge in [-0.25, -0.2) is 0 Å². The Hall–Kier alpha value is -0.170. The molecule has 6 heteroatoms. The molecule has 5 N–H and O–H groups in total. The van der Waals surface area contributed by atoms with Crippen molar-refractivity contribution in [1.82, 2.24) is 6.13 Å². The van der Waals surface area contributed by atoms with Crippen molar-refractivity contribution in [2.45, 2.75) is 0 Å². The quantitative estimate of drug-likeness (QED) is 0.426. The summed E-state index contributed by atoms with van der Waals surface area (Å²) >= 11 is 0. The molecule has 0 radical (unpaired) electrons. The van der Waals surface area contributed by atoms with Crippen molar-refractivity contribution < 1.29 is 21.8 Å². The van der Waals surface area contributed by atoms with Crippen molar-refractivity contribution >= 4 is 10.4 Å². The summed E-state index contributed by atoms with van der Waals surface area (Å²) < 4.78 is 53.5. The lowest BCUT2D eigenvalue weighted by Gasteiger charge is -1.68. The average Bonchev–Trinajstić information content (AvgIpc) is 1.87. The van der Waals surface area contributed by atoms with Gasteiger partial charge in [-0.05, 0) is 0 Å². The molecule has 0 aliphatic heterocycles. The van der Waals surface area contributed by atoms with E-state index in [1.54, 1.807) is 0 Å². The van der Waals surface area contributed by atoms with E-state index in [0.29, 0.717) is 0 Å². The number of hydrogen-bond donors (Lipinski definition) is 3. The van der Waals surface area contributed by atoms with E-state index in [2.05, 4.69) is 9.11 Å². The molecule has 0 amide bonds. The Morgan fingerprint density at radius 3 is 2.17 bits per heavy atom. The van der Waals surface area contributed by atoms with E-state index in [0.717, 1.165) is 0 Å². The van der Waals surface area contributed by atoms with E-state index in [4.69, 9.17) is 7.10 Å². The molecule has 0 unspecified atom stereocenters. The zero-order valence-electron chi connectivity index (χ0n) is 7.49. The van der Waals surface area contributed by atoms with Gasteiger partial charge in [0.1, 0.15) is 4.24 Å². The molecule has 0 aliphatic rings. The van der Waals surface area contributed by atoms with Gasteiger partial charge in [0.2, 0.25) is 2.86 Å². The summed E-state index contributed by atoms with van der Waals surface area (Å²) in [7, 11) is -4.32. The summed E-state index contributed by atoms with van der Waals surface area (Å²) in [6.45, 7) is 0. The highest BCUT2D eigenvalue weighted by molar-refractivity contribution is 7.79. The van der Waals surface area contributed by atoms with Crippen molar-refractivity contribution in [2.24, 2.45) is 0 Å². The van der Waals surface area contributed by atoms with Crippen molar-refractivity contribution in [3.63, 3.8) is 0 Å². The van der Waals surface area contributed by atoms with Crippen molar-refractivity contribution in [2.75, 3.05) is 0 Å². The van der Waals surface area contributed by atoms with E-state index < -0.39 is 10.4 Å². The first kappa shape index (κ1) is 1.74. The Labute approximate surface area is 42.5 Å². The molecule has 0 rings (SSSR count). The fourth-order valence-corrected chi connectivity index (χ4v) is 0. The SMILES string of the molecule is [2H]N([2H])[2H].[2H]OS(=O)(=O)O[2H]. The van der Waals surface area contributed by atoms with E-state index in [9.17, 15) is 8.42 Å². The monoisotopic (exact) mass is 120 g/mol. The van der Waals surface area contributed by atoms with Crippen LogP contribution in [0.1, 0.15) is 0 Å². The van der Waals surface area contributed by atoms with Gasteiger partial charge in [0.05, 0.1) is 0 Å². The Balaban J connectivity index is 0. The van der Waals surface area contributed by atoms with Crippen LogP contribution in [0.2, 0.25) is 4.24 Å². The maximum atomic E-state index is 9.55. The normalized spacial score (nSPS) is 20.5. The predicted molar refractivity (Wildman–Crippen MR) is 19.2 cm³/mol. The highest BCUT2D eigenvalue weighted by atomic mass is 32.3. The Kier molecular flexibility index (Phi) is 0.606. The molecule has 5 nitrogen and oxygen atoms in total. The van der Waals surface area contributed by atoms with E-state index in [1.165, 1.54) is 0 Å². The summed E-state index contributed by atoms with van der Waals surface area (Å²) in [6, 6.07) is 0. The van der Waals surface area contributed by atoms with Gasteiger partial charge in [-0.1, -0.05) is 0 Å². The smallest absolute Gasteiger partial charge is 0.344 e. The lowest BCUT2D eigenvalue weighted by Crippen LogP contribution is -1.89. The molecule has 0 bridgehead atoms. The van der Waals surface area contributed by atoms with Crippen LogP contribution in [-0.4, -0.2) is 17.5 Å². The molecule has 0 aromatic heterocycles. The number of rotatable bonds is 2. The van der Waals surface area contributed by atoms with Gasteiger partial charge in [0, 0.05) is 0 Å². The molecule has 0 saturated heterocycles. The van der Waals surface area contributed by atoms with Crippen LogP contribution in [0, 0.1) is 0 Å². The minimum absolute atomic E-state index is 0.250. The maximum absolute atomic E-state index is 9.55. The van der Waals surface area contributed by atoms with E-state index in [-0.39, 0.29) is 6.13 Å². The highest BCUT2D eigenvalue weighted by Crippen LogP contribution is 1.59. The lowest BCUT2D eigenvalue weighted by atomic mass is 14.0. The minimum Gasteiger partial charge on any atom is -0.344 e. The molecule has 0 aromatic rings. The van der Waals surface area contributed by atoms with Crippen LogP contribution in [0.15, 0.2) is 0 Å². The molecular weight excluding hydrogens is 110 g/mol. The number of hydrogen-bond acceptors (Lipinski definition) is 5. The zero-order chi connectivity index (χ0) is 9.49. The standard InChI is InChI=1S/H3N.H2O4S/c;1-5(2,3)4/h1H3;(H2,1,2,3,4)/i/hD5. The third-order valence-corrected chi connectivity index (χ3v) is 0. The fraction of sp³-hybridized carbons (Fsp3) is 0. The van der Waals surface area contributed by atoms with Gasteiger partial charge >= 0.3 is 10.4 Å². The lowest BCUT2D eigenvalue weighted by molar-refractivity contribution is 0.381. The van der Waals surface area contributed by atoms with Gasteiger partial charge < -0.3 is 6.13 Å². The maximum Gasteiger partial charge on any atom is 0.394 e. The van der Waals surface area contributed by atoms with Gasteiger partial charge in [-0.2, -0.15) is 8.42 Å². The summed E-state index contributed by atoms with van der Waals surface area (Å²) in [5, 5.41) is 0. The second-order valence-electron chi connectivity index (χ2n) is 0.408. The van der Waals surface area contributed by atoms with Gasteiger partial charge in [-0.3, -0.25) is 9.11 Å². The summed E-state index contributed by atoms with van der Waals surface area (Å²) in [6.07, 6.45) is -0.250. The molecule has 0 fully saturated rings. The Morgan fingerprint density at radius 1 is 1.83 bits per heavy atom. The first-order valence-electron chi connectivity index (χ1n) is 2.82. The Bertz CT molecular complexity index is 151. The topological polar surface area (TPSA) is 110 Å². The molecule has 0 saturated carbocycles. The summed E-state index contributed by atoms with van der Waals surface area (Å²) in [4.78, 5) is 0. The van der Waals surface area contributed by atoms with Crippen LogP contribution in [-0.2, 0) is 10.4 Å². The predicted octanol–water partition coefficient (Wildman–Crippen LogP) is -0.491. The second-order valence-corrected chi connectivity index (χ2v) is 1.22. The molecule has 0 heterocycles. The van der Waals surface area contributed by atoms with Crippen LogP contribution in [0.5, 0.6) is 0 Å². The minimum atomic E-state index is -4.32. The fourth-order valence-electron chi connectivity index (χ4n) is 0. The third kappa shape index (κ3) is 1060. The average molecular weight is 120 g/mol. The molecule has 0 aromatic carbocycles. The van der Waals surface area contributed by atoms with E-state index in [1.807, 2.05) is 0 Å². The van der Waals surface area contributed by atoms with Gasteiger partial charge in [0.25, 0.3) is 0 Å². The Morgan fingerprint density at radius 2 is 2.17 bits per heavy atom. The third-order valence-electron chi connectivity index (χ3n) is 0. The molecule has 40 valence electrons. The highest BCUT2D eigenvalue weighted by Gasteiger charge is 1.84. The van der Waals surface area contributed by atoms with Crippen LogP contribution < -0.4 is 6.13 Å².